The van der Waals surface area contributed by atoms with Gasteiger partial charge in [-0.05, 0) is 50.2 Å². The molecular formula is C12H18ClN5O. The summed E-state index contributed by atoms with van der Waals surface area (Å²) in [5.41, 5.74) is 0.344. The molecule has 0 amide bonds. The average Bonchev–Trinajstić information content (AvgIpc) is 2.36. The van der Waals surface area contributed by atoms with Crippen molar-refractivity contribution in [3.05, 3.63) is 5.28 Å². The van der Waals surface area contributed by atoms with Crippen molar-refractivity contribution in [1.82, 2.24) is 20.3 Å². The SMILES string of the molecule is COc1nc(Cl)nc(NC2CCNC3(CCC3)C2)n1. The first-order valence-electron chi connectivity index (χ1n) is 6.66. The summed E-state index contributed by atoms with van der Waals surface area (Å²) in [5.74, 6) is 0.498. The predicted octanol–water partition coefficient (Wildman–Crippen LogP) is 1.62. The van der Waals surface area contributed by atoms with Crippen molar-refractivity contribution in [2.24, 2.45) is 0 Å². The highest BCUT2D eigenvalue weighted by Gasteiger charge is 2.41. The number of aromatic nitrogens is 3. The molecule has 2 fully saturated rings. The first-order chi connectivity index (χ1) is 9.19. The van der Waals surface area contributed by atoms with Gasteiger partial charge in [0.05, 0.1) is 7.11 Å². The number of anilines is 1. The number of nitrogens with one attached hydrogen (secondary N) is 2. The molecule has 3 rings (SSSR count). The van der Waals surface area contributed by atoms with Gasteiger partial charge in [-0.15, -0.1) is 0 Å². The molecule has 0 bridgehead atoms. The fraction of sp³-hybridized carbons (Fsp3) is 0.750. The predicted molar refractivity (Wildman–Crippen MR) is 72.6 cm³/mol. The Hall–Kier alpha value is -1.14. The van der Waals surface area contributed by atoms with Crippen LogP contribution in [-0.2, 0) is 0 Å². The van der Waals surface area contributed by atoms with Crippen LogP contribution in [-0.4, -0.2) is 40.2 Å². The minimum Gasteiger partial charge on any atom is -0.467 e. The minimum absolute atomic E-state index is 0.154. The molecule has 1 saturated carbocycles. The third-order valence-corrected chi connectivity index (χ3v) is 4.21. The highest BCUT2D eigenvalue weighted by atomic mass is 35.5. The van der Waals surface area contributed by atoms with Crippen LogP contribution in [0, 0.1) is 0 Å². The van der Waals surface area contributed by atoms with E-state index in [1.54, 1.807) is 0 Å². The number of methoxy groups -OCH3 is 1. The molecule has 0 aromatic carbocycles. The molecule has 7 heteroatoms. The number of nitrogens with zero attached hydrogens (tertiary/aromatic N) is 3. The summed E-state index contributed by atoms with van der Waals surface area (Å²) in [6.45, 7) is 1.04. The number of piperidine rings is 1. The zero-order chi connectivity index (χ0) is 13.3. The summed E-state index contributed by atoms with van der Waals surface area (Å²) in [6.07, 6.45) is 6.04. The maximum Gasteiger partial charge on any atom is 0.322 e. The van der Waals surface area contributed by atoms with Crippen LogP contribution in [0.1, 0.15) is 32.1 Å². The Kier molecular flexibility index (Phi) is 3.45. The summed E-state index contributed by atoms with van der Waals surface area (Å²) in [4.78, 5) is 12.1. The van der Waals surface area contributed by atoms with Gasteiger partial charge in [0.15, 0.2) is 0 Å². The lowest BCUT2D eigenvalue weighted by molar-refractivity contribution is 0.135. The molecule has 6 nitrogen and oxygen atoms in total. The largest absolute Gasteiger partial charge is 0.467 e. The van der Waals surface area contributed by atoms with Crippen LogP contribution in [0.5, 0.6) is 6.01 Å². The Bertz CT molecular complexity index is 465. The summed E-state index contributed by atoms with van der Waals surface area (Å²) in [6, 6.07) is 0.625. The fourth-order valence-corrected chi connectivity index (χ4v) is 3.09. The summed E-state index contributed by atoms with van der Waals surface area (Å²) < 4.78 is 5.00. The van der Waals surface area contributed by atoms with Crippen molar-refractivity contribution >= 4 is 17.5 Å². The molecule has 1 aliphatic heterocycles. The van der Waals surface area contributed by atoms with Crippen LogP contribution in [0.3, 0.4) is 0 Å². The number of halogens is 1. The van der Waals surface area contributed by atoms with E-state index in [4.69, 9.17) is 16.3 Å². The third-order valence-electron chi connectivity index (χ3n) is 4.04. The van der Waals surface area contributed by atoms with E-state index in [1.165, 1.54) is 26.4 Å². The molecule has 1 atom stereocenters. The number of ether oxygens (including phenoxy) is 1. The zero-order valence-corrected chi connectivity index (χ0v) is 11.7. The standard InChI is InChI=1S/C12H18ClN5O/c1-19-11-17-9(13)16-10(18-11)15-8-3-6-14-12(7-8)4-2-5-12/h8,14H,2-7H2,1H3,(H,15,16,17,18). The first-order valence-corrected chi connectivity index (χ1v) is 7.04. The summed E-state index contributed by atoms with van der Waals surface area (Å²) >= 11 is 5.85. The van der Waals surface area contributed by atoms with Gasteiger partial charge in [-0.1, -0.05) is 0 Å². The number of rotatable bonds is 3. The lowest BCUT2D eigenvalue weighted by Crippen LogP contribution is -2.58. The average molecular weight is 284 g/mol. The van der Waals surface area contributed by atoms with E-state index in [1.807, 2.05) is 0 Å². The Morgan fingerprint density at radius 2 is 2.21 bits per heavy atom. The van der Waals surface area contributed by atoms with E-state index in [0.29, 0.717) is 17.5 Å². The van der Waals surface area contributed by atoms with E-state index < -0.39 is 0 Å². The van der Waals surface area contributed by atoms with Gasteiger partial charge < -0.3 is 15.4 Å². The quantitative estimate of drug-likeness (QED) is 0.878. The molecule has 2 heterocycles. The van der Waals surface area contributed by atoms with Gasteiger partial charge in [0, 0.05) is 11.6 Å². The van der Waals surface area contributed by atoms with Gasteiger partial charge in [0.2, 0.25) is 11.2 Å². The highest BCUT2D eigenvalue weighted by molar-refractivity contribution is 6.28. The van der Waals surface area contributed by atoms with Crippen molar-refractivity contribution in [1.29, 1.82) is 0 Å². The normalized spacial score (nSPS) is 24.8. The highest BCUT2D eigenvalue weighted by Crippen LogP contribution is 2.38. The molecule has 1 aromatic heterocycles. The van der Waals surface area contributed by atoms with Crippen molar-refractivity contribution in [2.45, 2.75) is 43.7 Å². The van der Waals surface area contributed by atoms with Crippen LogP contribution in [0.2, 0.25) is 5.28 Å². The van der Waals surface area contributed by atoms with Crippen LogP contribution < -0.4 is 15.4 Å². The molecule has 1 aromatic rings. The van der Waals surface area contributed by atoms with Gasteiger partial charge in [-0.3, -0.25) is 0 Å². The fourth-order valence-electron chi connectivity index (χ4n) is 2.94. The summed E-state index contributed by atoms with van der Waals surface area (Å²) in [7, 11) is 1.52. The lowest BCUT2D eigenvalue weighted by Gasteiger charge is -2.48. The van der Waals surface area contributed by atoms with E-state index in [9.17, 15) is 0 Å². The second-order valence-corrected chi connectivity index (χ2v) is 5.65. The van der Waals surface area contributed by atoms with E-state index in [0.717, 1.165) is 19.4 Å². The van der Waals surface area contributed by atoms with Gasteiger partial charge in [-0.25, -0.2) is 0 Å². The molecule has 1 aliphatic carbocycles. The van der Waals surface area contributed by atoms with E-state index >= 15 is 0 Å². The molecule has 1 spiro atoms. The van der Waals surface area contributed by atoms with Crippen LogP contribution >= 0.6 is 11.6 Å². The number of hydrogen-bond acceptors (Lipinski definition) is 6. The molecule has 1 saturated heterocycles. The topological polar surface area (TPSA) is 72.0 Å². The first kappa shape index (κ1) is 12.9. The van der Waals surface area contributed by atoms with Crippen LogP contribution in [0.25, 0.3) is 0 Å². The van der Waals surface area contributed by atoms with Crippen molar-refractivity contribution in [3.63, 3.8) is 0 Å². The third kappa shape index (κ3) is 2.74. The van der Waals surface area contributed by atoms with Crippen molar-refractivity contribution < 1.29 is 4.74 Å². The van der Waals surface area contributed by atoms with E-state index in [-0.39, 0.29) is 11.3 Å². The lowest BCUT2D eigenvalue weighted by atomic mass is 9.70. The number of hydrogen-bond donors (Lipinski definition) is 2. The van der Waals surface area contributed by atoms with Gasteiger partial charge in [0.25, 0.3) is 0 Å². The molecule has 104 valence electrons. The molecule has 2 N–H and O–H groups in total. The van der Waals surface area contributed by atoms with Gasteiger partial charge >= 0.3 is 6.01 Å². The molecule has 19 heavy (non-hydrogen) atoms. The Morgan fingerprint density at radius 1 is 1.37 bits per heavy atom. The van der Waals surface area contributed by atoms with E-state index in [2.05, 4.69) is 25.6 Å². The van der Waals surface area contributed by atoms with Gasteiger partial charge in [0.1, 0.15) is 0 Å². The summed E-state index contributed by atoms with van der Waals surface area (Å²) in [5, 5.41) is 7.15. The molecule has 1 unspecified atom stereocenters. The molecular weight excluding hydrogens is 266 g/mol. The Morgan fingerprint density at radius 3 is 2.89 bits per heavy atom. The van der Waals surface area contributed by atoms with Crippen LogP contribution in [0.15, 0.2) is 0 Å². The maximum atomic E-state index is 5.85. The second-order valence-electron chi connectivity index (χ2n) is 5.31. The smallest absolute Gasteiger partial charge is 0.322 e. The zero-order valence-electron chi connectivity index (χ0n) is 10.9. The monoisotopic (exact) mass is 283 g/mol. The minimum atomic E-state index is 0.154. The van der Waals surface area contributed by atoms with Crippen molar-refractivity contribution in [3.8, 4) is 6.01 Å². The Labute approximate surface area is 117 Å². The second kappa shape index (κ2) is 5.09. The maximum absolute atomic E-state index is 5.85. The Balaban J connectivity index is 1.68. The molecule has 0 radical (unpaired) electrons. The van der Waals surface area contributed by atoms with Crippen LogP contribution in [0.4, 0.5) is 5.95 Å². The molecule has 2 aliphatic rings. The van der Waals surface area contributed by atoms with Gasteiger partial charge in [-0.2, -0.15) is 15.0 Å². The van der Waals surface area contributed by atoms with Crippen molar-refractivity contribution in [2.75, 3.05) is 19.0 Å².